The SMILES string of the molecule is CC(C)CCCCCO[PH](CCCCCC(C)C)(Oc1ccccc1)Oc1ccccc1. The molecule has 0 spiro atoms. The molecule has 0 amide bonds. The van der Waals surface area contributed by atoms with E-state index in [4.69, 9.17) is 13.6 Å². The van der Waals surface area contributed by atoms with Crippen molar-refractivity contribution in [3.8, 4) is 11.5 Å². The Balaban J connectivity index is 2.08. The Morgan fingerprint density at radius 3 is 1.53 bits per heavy atom. The van der Waals surface area contributed by atoms with Crippen molar-refractivity contribution in [3.63, 3.8) is 0 Å². The van der Waals surface area contributed by atoms with Crippen molar-refractivity contribution >= 4 is 7.94 Å². The standard InChI is InChI=1S/C28H45O3P/c1-25(2)17-9-7-15-23-29-32(24-16-8-10-18-26(3)4,30-27-19-11-5-12-20-27)31-28-21-13-6-14-22-28/h5-6,11-14,19-22,25-26,32H,7-10,15-18,23-24H2,1-4H3. The molecule has 32 heavy (non-hydrogen) atoms. The fourth-order valence-electron chi connectivity index (χ4n) is 3.72. The fraction of sp³-hybridized carbons (Fsp3) is 0.571. The molecule has 4 heteroatoms. The van der Waals surface area contributed by atoms with Gasteiger partial charge in [0.1, 0.15) is 0 Å². The van der Waals surface area contributed by atoms with Crippen molar-refractivity contribution in [2.45, 2.75) is 79.1 Å². The first kappa shape index (κ1) is 26.7. The number of hydrogen-bond acceptors (Lipinski definition) is 3. The van der Waals surface area contributed by atoms with Crippen LogP contribution in [-0.4, -0.2) is 12.8 Å². The Morgan fingerprint density at radius 2 is 1.06 bits per heavy atom. The van der Waals surface area contributed by atoms with Crippen LogP contribution in [0, 0.1) is 11.8 Å². The summed E-state index contributed by atoms with van der Waals surface area (Å²) in [6.45, 7) is 9.84. The summed E-state index contributed by atoms with van der Waals surface area (Å²) in [7, 11) is -2.94. The Morgan fingerprint density at radius 1 is 0.594 bits per heavy atom. The average Bonchev–Trinajstić information content (AvgIpc) is 2.77. The molecule has 0 aromatic heterocycles. The van der Waals surface area contributed by atoms with Crippen molar-refractivity contribution in [2.24, 2.45) is 11.8 Å². The summed E-state index contributed by atoms with van der Waals surface area (Å²) >= 11 is 0. The van der Waals surface area contributed by atoms with Crippen LogP contribution in [0.2, 0.25) is 0 Å². The Hall–Kier alpha value is -1.57. The van der Waals surface area contributed by atoms with Crippen LogP contribution >= 0.6 is 7.94 Å². The van der Waals surface area contributed by atoms with E-state index in [0.717, 1.165) is 42.3 Å². The zero-order valence-electron chi connectivity index (χ0n) is 20.7. The molecule has 0 aliphatic carbocycles. The van der Waals surface area contributed by atoms with Gasteiger partial charge < -0.3 is 0 Å². The molecule has 2 aromatic carbocycles. The van der Waals surface area contributed by atoms with E-state index < -0.39 is 7.94 Å². The monoisotopic (exact) mass is 460 g/mol. The molecule has 0 atom stereocenters. The molecule has 0 saturated carbocycles. The molecule has 3 nitrogen and oxygen atoms in total. The summed E-state index contributed by atoms with van der Waals surface area (Å²) in [4.78, 5) is 0. The zero-order chi connectivity index (χ0) is 23.1. The second-order valence-electron chi connectivity index (χ2n) is 9.60. The molecule has 0 radical (unpaired) electrons. The van der Waals surface area contributed by atoms with Crippen LogP contribution in [0.25, 0.3) is 0 Å². The number of rotatable bonds is 17. The molecule has 0 unspecified atom stereocenters. The van der Waals surface area contributed by atoms with Crippen LogP contribution in [0.3, 0.4) is 0 Å². The fourth-order valence-corrected chi connectivity index (χ4v) is 6.36. The minimum absolute atomic E-state index is 0.690. The summed E-state index contributed by atoms with van der Waals surface area (Å²) < 4.78 is 19.7. The Kier molecular flexibility index (Phi) is 12.8. The second-order valence-corrected chi connectivity index (χ2v) is 12.2. The van der Waals surface area contributed by atoms with Crippen molar-refractivity contribution in [2.75, 3.05) is 12.8 Å². The van der Waals surface area contributed by atoms with Gasteiger partial charge in [0.15, 0.2) is 0 Å². The minimum atomic E-state index is -2.94. The van der Waals surface area contributed by atoms with E-state index in [1.54, 1.807) is 0 Å². The van der Waals surface area contributed by atoms with Crippen LogP contribution in [0.4, 0.5) is 0 Å². The predicted octanol–water partition coefficient (Wildman–Crippen LogP) is 9.09. The molecule has 0 saturated heterocycles. The third-order valence-electron chi connectivity index (χ3n) is 5.55. The van der Waals surface area contributed by atoms with Crippen LogP contribution in [0.1, 0.15) is 79.1 Å². The average molecular weight is 461 g/mol. The molecule has 2 aromatic rings. The van der Waals surface area contributed by atoms with E-state index >= 15 is 0 Å². The summed E-state index contributed by atoms with van der Waals surface area (Å²) in [6.07, 6.45) is 10.4. The second kappa shape index (κ2) is 15.3. The molecular formula is C28H45O3P. The summed E-state index contributed by atoms with van der Waals surface area (Å²) in [5.74, 6) is 3.17. The van der Waals surface area contributed by atoms with Gasteiger partial charge in [-0.25, -0.2) is 0 Å². The first-order valence-electron chi connectivity index (χ1n) is 12.6. The van der Waals surface area contributed by atoms with Gasteiger partial charge in [0.25, 0.3) is 0 Å². The third-order valence-corrected chi connectivity index (χ3v) is 8.25. The maximum absolute atomic E-state index is 6.57. The third kappa shape index (κ3) is 11.3. The molecular weight excluding hydrogens is 415 g/mol. The molecule has 0 aliphatic rings. The van der Waals surface area contributed by atoms with E-state index in [9.17, 15) is 0 Å². The Labute approximate surface area is 197 Å². The van der Waals surface area contributed by atoms with E-state index in [-0.39, 0.29) is 0 Å². The van der Waals surface area contributed by atoms with Gasteiger partial charge in [0.05, 0.1) is 0 Å². The van der Waals surface area contributed by atoms with Gasteiger partial charge >= 0.3 is 197 Å². The van der Waals surface area contributed by atoms with Crippen LogP contribution in [-0.2, 0) is 4.52 Å². The van der Waals surface area contributed by atoms with E-state index in [2.05, 4.69) is 27.7 Å². The van der Waals surface area contributed by atoms with Gasteiger partial charge in [-0.05, 0) is 0 Å². The van der Waals surface area contributed by atoms with Gasteiger partial charge in [-0.15, -0.1) is 0 Å². The summed E-state index contributed by atoms with van der Waals surface area (Å²) in [5.41, 5.74) is 0. The van der Waals surface area contributed by atoms with Gasteiger partial charge in [-0.1, -0.05) is 0 Å². The number of hydrogen-bond donors (Lipinski definition) is 0. The van der Waals surface area contributed by atoms with E-state index in [1.165, 1.54) is 38.5 Å². The molecule has 0 heterocycles. The first-order valence-corrected chi connectivity index (χ1v) is 14.5. The predicted molar refractivity (Wildman–Crippen MR) is 140 cm³/mol. The van der Waals surface area contributed by atoms with Crippen molar-refractivity contribution < 1.29 is 13.6 Å². The van der Waals surface area contributed by atoms with Crippen LogP contribution in [0.15, 0.2) is 60.7 Å². The summed E-state index contributed by atoms with van der Waals surface area (Å²) in [5, 5.41) is 0. The van der Waals surface area contributed by atoms with Crippen molar-refractivity contribution in [3.05, 3.63) is 60.7 Å². The van der Waals surface area contributed by atoms with Crippen molar-refractivity contribution in [1.82, 2.24) is 0 Å². The maximum atomic E-state index is 6.57. The molecule has 0 N–H and O–H groups in total. The molecule has 2 rings (SSSR count). The zero-order valence-corrected chi connectivity index (χ0v) is 21.7. The van der Waals surface area contributed by atoms with E-state index in [0.29, 0.717) is 6.61 Å². The molecule has 0 aliphatic heterocycles. The van der Waals surface area contributed by atoms with Gasteiger partial charge in [-0.3, -0.25) is 0 Å². The first-order chi connectivity index (χ1) is 15.5. The van der Waals surface area contributed by atoms with Crippen LogP contribution in [0.5, 0.6) is 11.5 Å². The molecule has 0 bridgehead atoms. The number of benzene rings is 2. The topological polar surface area (TPSA) is 27.7 Å². The van der Waals surface area contributed by atoms with Crippen molar-refractivity contribution in [1.29, 1.82) is 0 Å². The molecule has 0 fully saturated rings. The normalized spacial score (nSPS) is 12.3. The number of para-hydroxylation sites is 2. The number of unbranched alkanes of at least 4 members (excludes halogenated alkanes) is 4. The summed E-state index contributed by atoms with van der Waals surface area (Å²) in [6, 6.07) is 20.0. The van der Waals surface area contributed by atoms with Gasteiger partial charge in [0, 0.05) is 0 Å². The Bertz CT molecular complexity index is 662. The molecule has 180 valence electrons. The van der Waals surface area contributed by atoms with E-state index in [1.807, 2.05) is 60.7 Å². The van der Waals surface area contributed by atoms with Gasteiger partial charge in [0.2, 0.25) is 0 Å². The quantitative estimate of drug-likeness (QED) is 0.174. The van der Waals surface area contributed by atoms with Gasteiger partial charge in [-0.2, -0.15) is 0 Å². The van der Waals surface area contributed by atoms with Crippen LogP contribution < -0.4 is 9.05 Å².